The third-order valence-corrected chi connectivity index (χ3v) is 4.26. The van der Waals surface area contributed by atoms with Crippen LogP contribution in [0.25, 0.3) is 0 Å². The van der Waals surface area contributed by atoms with Crippen LogP contribution in [0.2, 0.25) is 5.02 Å². The molecule has 8 nitrogen and oxygen atoms in total. The molecule has 0 N–H and O–H groups in total. The van der Waals surface area contributed by atoms with Crippen molar-refractivity contribution in [1.29, 1.82) is 0 Å². The van der Waals surface area contributed by atoms with E-state index < -0.39 is 4.92 Å². The maximum atomic E-state index is 11.7. The fourth-order valence-corrected chi connectivity index (χ4v) is 3.24. The second kappa shape index (κ2) is 7.43. The molecule has 2 aromatic rings. The van der Waals surface area contributed by atoms with Gasteiger partial charge < -0.3 is 14.4 Å². The summed E-state index contributed by atoms with van der Waals surface area (Å²) in [5, 5.41) is 12.1. The minimum Gasteiger partial charge on any atom is -0.432 e. The summed E-state index contributed by atoms with van der Waals surface area (Å²) in [4.78, 5) is 21.1. The SMILES string of the molecule is Cc1ccc(Oc2ncnc(N3CC(C)OC(C)C3)c2[N+](=O)[O-])c(Cl)c1. The number of nitro groups is 1. The van der Waals surface area contributed by atoms with E-state index in [1.807, 2.05) is 25.7 Å². The Balaban J connectivity index is 2.00. The van der Waals surface area contributed by atoms with Crippen LogP contribution in [0.15, 0.2) is 24.5 Å². The largest absolute Gasteiger partial charge is 0.432 e. The highest BCUT2D eigenvalue weighted by Gasteiger charge is 2.32. The highest BCUT2D eigenvalue weighted by molar-refractivity contribution is 6.32. The van der Waals surface area contributed by atoms with Crippen molar-refractivity contribution in [3.05, 3.63) is 45.2 Å². The molecule has 138 valence electrons. The number of halogens is 1. The zero-order valence-corrected chi connectivity index (χ0v) is 15.4. The van der Waals surface area contributed by atoms with Crippen molar-refractivity contribution in [3.63, 3.8) is 0 Å². The smallest absolute Gasteiger partial charge is 0.373 e. The van der Waals surface area contributed by atoms with Crippen molar-refractivity contribution in [2.75, 3.05) is 18.0 Å². The van der Waals surface area contributed by atoms with Crippen molar-refractivity contribution >= 4 is 23.1 Å². The second-order valence-corrected chi connectivity index (χ2v) is 6.71. The van der Waals surface area contributed by atoms with Crippen molar-refractivity contribution in [1.82, 2.24) is 9.97 Å². The zero-order valence-electron chi connectivity index (χ0n) is 14.7. The quantitative estimate of drug-likeness (QED) is 0.591. The predicted molar refractivity (Wildman–Crippen MR) is 97.2 cm³/mol. The van der Waals surface area contributed by atoms with Crippen LogP contribution in [-0.4, -0.2) is 40.2 Å². The molecule has 1 aliphatic heterocycles. The number of aromatic nitrogens is 2. The van der Waals surface area contributed by atoms with E-state index in [1.54, 1.807) is 18.2 Å². The average molecular weight is 379 g/mol. The molecule has 1 aliphatic rings. The van der Waals surface area contributed by atoms with E-state index in [0.29, 0.717) is 23.9 Å². The van der Waals surface area contributed by atoms with E-state index in [4.69, 9.17) is 21.1 Å². The lowest BCUT2D eigenvalue weighted by atomic mass is 10.2. The molecule has 0 radical (unpaired) electrons. The fourth-order valence-electron chi connectivity index (χ4n) is 2.96. The molecule has 26 heavy (non-hydrogen) atoms. The van der Waals surface area contributed by atoms with E-state index in [2.05, 4.69) is 9.97 Å². The third-order valence-electron chi connectivity index (χ3n) is 3.97. The van der Waals surface area contributed by atoms with E-state index in [0.717, 1.165) is 5.56 Å². The van der Waals surface area contributed by atoms with Gasteiger partial charge in [0.1, 0.15) is 12.1 Å². The maximum Gasteiger partial charge on any atom is 0.373 e. The maximum absolute atomic E-state index is 11.7. The van der Waals surface area contributed by atoms with Gasteiger partial charge in [0.15, 0.2) is 0 Å². The molecule has 2 heterocycles. The minimum atomic E-state index is -0.530. The average Bonchev–Trinajstić information content (AvgIpc) is 2.56. The van der Waals surface area contributed by atoms with Crippen LogP contribution in [0.3, 0.4) is 0 Å². The lowest BCUT2D eigenvalue weighted by Crippen LogP contribution is -2.46. The number of rotatable bonds is 4. The van der Waals surface area contributed by atoms with E-state index >= 15 is 0 Å². The number of hydrogen-bond acceptors (Lipinski definition) is 7. The molecule has 0 bridgehead atoms. The molecule has 0 spiro atoms. The minimum absolute atomic E-state index is 0.0655. The Bertz CT molecular complexity index is 822. The number of aryl methyl sites for hydroxylation is 1. The highest BCUT2D eigenvalue weighted by atomic mass is 35.5. The summed E-state index contributed by atoms with van der Waals surface area (Å²) in [6.45, 7) is 6.71. The summed E-state index contributed by atoms with van der Waals surface area (Å²) in [6.07, 6.45) is 1.12. The van der Waals surface area contributed by atoms with Crippen LogP contribution in [0, 0.1) is 17.0 Å². The topological polar surface area (TPSA) is 90.6 Å². The Morgan fingerprint density at radius 2 is 2.00 bits per heavy atom. The van der Waals surface area contributed by atoms with Crippen LogP contribution < -0.4 is 9.64 Å². The van der Waals surface area contributed by atoms with Gasteiger partial charge >= 0.3 is 11.6 Å². The van der Waals surface area contributed by atoms with Crippen molar-refractivity contribution in [3.8, 4) is 11.6 Å². The summed E-state index contributed by atoms with van der Waals surface area (Å²) in [5.74, 6) is 0.372. The lowest BCUT2D eigenvalue weighted by Gasteiger charge is -2.35. The molecule has 0 aliphatic carbocycles. The highest BCUT2D eigenvalue weighted by Crippen LogP contribution is 2.38. The molecule has 1 aromatic heterocycles. The normalized spacial score (nSPS) is 20.1. The van der Waals surface area contributed by atoms with Gasteiger partial charge in [-0.15, -0.1) is 0 Å². The number of morpholine rings is 1. The van der Waals surface area contributed by atoms with Gasteiger partial charge in [-0.1, -0.05) is 17.7 Å². The summed E-state index contributed by atoms with van der Waals surface area (Å²) in [5.41, 5.74) is 0.668. The molecule has 0 saturated carbocycles. The Labute approximate surface area is 155 Å². The van der Waals surface area contributed by atoms with E-state index in [-0.39, 0.29) is 29.6 Å². The molecule has 1 saturated heterocycles. The third kappa shape index (κ3) is 3.86. The summed E-state index contributed by atoms with van der Waals surface area (Å²) in [7, 11) is 0. The van der Waals surface area contributed by atoms with Crippen LogP contribution in [0.1, 0.15) is 19.4 Å². The number of ether oxygens (including phenoxy) is 2. The predicted octanol–water partition coefficient (Wildman–Crippen LogP) is 3.75. The number of nitrogens with zero attached hydrogens (tertiary/aromatic N) is 4. The molecule has 3 rings (SSSR count). The van der Waals surface area contributed by atoms with Gasteiger partial charge in [0.25, 0.3) is 0 Å². The standard InChI is InChI=1S/C17H19ClN4O4/c1-10-4-5-14(13(18)6-10)26-17-15(22(23)24)16(19-9-20-17)21-7-11(2)25-12(3)8-21/h4-6,9,11-12H,7-8H2,1-3H3. The van der Waals surface area contributed by atoms with Crippen LogP contribution >= 0.6 is 11.6 Å². The second-order valence-electron chi connectivity index (χ2n) is 6.31. The molecule has 2 atom stereocenters. The number of anilines is 1. The monoisotopic (exact) mass is 378 g/mol. The Hall–Kier alpha value is -2.45. The van der Waals surface area contributed by atoms with Gasteiger partial charge in [-0.3, -0.25) is 10.1 Å². The Morgan fingerprint density at radius 3 is 2.62 bits per heavy atom. The van der Waals surface area contributed by atoms with Crippen LogP contribution in [0.5, 0.6) is 11.6 Å². The summed E-state index contributed by atoms with van der Waals surface area (Å²) in [6, 6.07) is 5.18. The van der Waals surface area contributed by atoms with E-state index in [1.165, 1.54) is 6.33 Å². The summed E-state index contributed by atoms with van der Waals surface area (Å²) < 4.78 is 11.3. The molecule has 9 heteroatoms. The first-order chi connectivity index (χ1) is 12.3. The number of hydrogen-bond donors (Lipinski definition) is 0. The number of benzene rings is 1. The molecular weight excluding hydrogens is 360 g/mol. The van der Waals surface area contributed by atoms with Gasteiger partial charge in [0.05, 0.1) is 22.2 Å². The lowest BCUT2D eigenvalue weighted by molar-refractivity contribution is -0.385. The molecule has 0 amide bonds. The van der Waals surface area contributed by atoms with Gasteiger partial charge in [-0.05, 0) is 38.5 Å². The van der Waals surface area contributed by atoms with Crippen molar-refractivity contribution in [2.24, 2.45) is 0 Å². The fraction of sp³-hybridized carbons (Fsp3) is 0.412. The van der Waals surface area contributed by atoms with Crippen LogP contribution in [-0.2, 0) is 4.74 Å². The van der Waals surface area contributed by atoms with Crippen molar-refractivity contribution < 1.29 is 14.4 Å². The molecular formula is C17H19ClN4O4. The van der Waals surface area contributed by atoms with Crippen LogP contribution in [0.4, 0.5) is 11.5 Å². The first-order valence-electron chi connectivity index (χ1n) is 8.19. The van der Waals surface area contributed by atoms with Gasteiger partial charge in [-0.2, -0.15) is 4.98 Å². The molecule has 2 unspecified atom stereocenters. The van der Waals surface area contributed by atoms with E-state index in [9.17, 15) is 10.1 Å². The zero-order chi connectivity index (χ0) is 18.8. The van der Waals surface area contributed by atoms with Gasteiger partial charge in [0.2, 0.25) is 5.82 Å². The Kier molecular flexibility index (Phi) is 5.24. The van der Waals surface area contributed by atoms with Crippen molar-refractivity contribution in [2.45, 2.75) is 33.0 Å². The first kappa shape index (κ1) is 18.3. The molecule has 1 aromatic carbocycles. The first-order valence-corrected chi connectivity index (χ1v) is 8.56. The van der Waals surface area contributed by atoms with Gasteiger partial charge in [-0.25, -0.2) is 4.98 Å². The molecule has 1 fully saturated rings. The Morgan fingerprint density at radius 1 is 1.31 bits per heavy atom. The summed E-state index contributed by atoms with van der Waals surface area (Å²) >= 11 is 6.17. The van der Waals surface area contributed by atoms with Gasteiger partial charge in [0, 0.05) is 13.1 Å².